The Morgan fingerprint density at radius 3 is 2.67 bits per heavy atom. The first-order valence-electron chi connectivity index (χ1n) is 4.39. The van der Waals surface area contributed by atoms with Gasteiger partial charge in [-0.25, -0.2) is 4.79 Å². The number of carboxylic acid groups (broad SMARTS) is 2. The minimum atomic E-state index is -1.21. The summed E-state index contributed by atoms with van der Waals surface area (Å²) in [5, 5.41) is 20.7. The van der Waals surface area contributed by atoms with Gasteiger partial charge < -0.3 is 20.8 Å². The molecule has 0 bridgehead atoms. The van der Waals surface area contributed by atoms with Crippen molar-refractivity contribution in [1.29, 1.82) is 0 Å². The third kappa shape index (κ3) is 2.44. The lowest BCUT2D eigenvalue weighted by Gasteiger charge is -2.15. The summed E-state index contributed by atoms with van der Waals surface area (Å²) in [6.45, 7) is 1.62. The number of nitrogens with two attached hydrogens (primary N) is 1. The Kier molecular flexibility index (Phi) is 3.25. The fraction of sp³-hybridized carbons (Fsp3) is 0.625. The molecule has 15 heavy (non-hydrogen) atoms. The van der Waals surface area contributed by atoms with Crippen LogP contribution in [0.3, 0.4) is 0 Å². The van der Waals surface area contributed by atoms with Crippen molar-refractivity contribution in [3.63, 3.8) is 0 Å². The summed E-state index contributed by atoms with van der Waals surface area (Å²) in [7, 11) is 0. The number of carbonyl (C=O) groups is 2. The highest BCUT2D eigenvalue weighted by Gasteiger charge is 2.37. The zero-order chi connectivity index (χ0) is 11.6. The van der Waals surface area contributed by atoms with Gasteiger partial charge in [-0.05, 0) is 13.3 Å². The number of aliphatic carboxylic acids is 2. The van der Waals surface area contributed by atoms with E-state index in [1.807, 2.05) is 0 Å². The number of carboxylic acids is 2. The van der Waals surface area contributed by atoms with E-state index in [0.29, 0.717) is 0 Å². The molecule has 0 spiro atoms. The molecular formula is C8H12N2O5. The highest BCUT2D eigenvalue weighted by atomic mass is 16.6. The van der Waals surface area contributed by atoms with E-state index >= 15 is 0 Å². The third-order valence-corrected chi connectivity index (χ3v) is 2.28. The van der Waals surface area contributed by atoms with E-state index in [1.165, 1.54) is 0 Å². The lowest BCUT2D eigenvalue weighted by atomic mass is 9.91. The van der Waals surface area contributed by atoms with Crippen molar-refractivity contribution in [2.24, 2.45) is 16.8 Å². The topological polar surface area (TPSA) is 122 Å². The van der Waals surface area contributed by atoms with Crippen molar-refractivity contribution < 1.29 is 24.6 Å². The Morgan fingerprint density at radius 1 is 1.60 bits per heavy atom. The first kappa shape index (κ1) is 11.4. The number of oxime groups is 1. The van der Waals surface area contributed by atoms with Gasteiger partial charge in [0, 0.05) is 0 Å². The Bertz CT molecular complexity index is 314. The van der Waals surface area contributed by atoms with Gasteiger partial charge >= 0.3 is 11.9 Å². The Balaban J connectivity index is 2.71. The first-order valence-corrected chi connectivity index (χ1v) is 4.39. The molecule has 0 aromatic heterocycles. The van der Waals surface area contributed by atoms with Gasteiger partial charge in [0.05, 0.1) is 5.92 Å². The molecule has 84 valence electrons. The summed E-state index contributed by atoms with van der Waals surface area (Å²) in [6.07, 6.45) is -0.455. The lowest BCUT2D eigenvalue weighted by Crippen LogP contribution is -2.38. The van der Waals surface area contributed by atoms with Crippen molar-refractivity contribution in [3.05, 3.63) is 0 Å². The van der Waals surface area contributed by atoms with Crippen LogP contribution in [-0.4, -0.2) is 40.0 Å². The van der Waals surface area contributed by atoms with E-state index in [4.69, 9.17) is 20.8 Å². The molecule has 1 rings (SSSR count). The molecule has 0 aromatic carbocycles. The van der Waals surface area contributed by atoms with E-state index < -0.39 is 30.0 Å². The minimum absolute atomic E-state index is 0.00162. The second-order valence-electron chi connectivity index (χ2n) is 3.38. The highest BCUT2D eigenvalue weighted by Crippen LogP contribution is 2.22. The van der Waals surface area contributed by atoms with Crippen LogP contribution < -0.4 is 5.73 Å². The standard InChI is InChI=1S/C8H12N2O5/c1-3-4(2-5(9)7(11)12)6(8(13)14)10-15-3/h3-5H,2,9H2,1H3,(H,11,12)(H,13,14)/t3-,4+,5-/m0/s1. The second-order valence-corrected chi connectivity index (χ2v) is 3.38. The van der Waals surface area contributed by atoms with Gasteiger partial charge in [-0.1, -0.05) is 5.16 Å². The van der Waals surface area contributed by atoms with Crippen LogP contribution in [0, 0.1) is 5.92 Å². The number of hydrogen-bond acceptors (Lipinski definition) is 5. The van der Waals surface area contributed by atoms with Crippen molar-refractivity contribution in [3.8, 4) is 0 Å². The summed E-state index contributed by atoms with van der Waals surface area (Å²) in [4.78, 5) is 26.0. The van der Waals surface area contributed by atoms with Crippen LogP contribution in [0.4, 0.5) is 0 Å². The number of nitrogens with zero attached hydrogens (tertiary/aromatic N) is 1. The summed E-state index contributed by atoms with van der Waals surface area (Å²) in [5.74, 6) is -2.95. The normalized spacial score (nSPS) is 26.7. The van der Waals surface area contributed by atoms with Crippen LogP contribution in [0.1, 0.15) is 13.3 Å². The van der Waals surface area contributed by atoms with Crippen molar-refractivity contribution in [2.45, 2.75) is 25.5 Å². The predicted octanol–water partition coefficient (Wildman–Crippen LogP) is -0.736. The van der Waals surface area contributed by atoms with E-state index in [0.717, 1.165) is 0 Å². The molecule has 0 radical (unpaired) electrons. The first-order chi connectivity index (χ1) is 6.93. The summed E-state index contributed by atoms with van der Waals surface area (Å²) < 4.78 is 0. The Hall–Kier alpha value is -1.63. The van der Waals surface area contributed by atoms with Gasteiger partial charge in [0.25, 0.3) is 0 Å². The van der Waals surface area contributed by atoms with Crippen molar-refractivity contribution in [2.75, 3.05) is 0 Å². The third-order valence-electron chi connectivity index (χ3n) is 2.28. The molecule has 0 fully saturated rings. The number of rotatable bonds is 4. The maximum Gasteiger partial charge on any atom is 0.354 e. The van der Waals surface area contributed by atoms with Crippen LogP contribution >= 0.6 is 0 Å². The van der Waals surface area contributed by atoms with Gasteiger partial charge in [-0.15, -0.1) is 0 Å². The molecule has 1 heterocycles. The molecule has 1 aliphatic heterocycles. The molecule has 3 atom stereocenters. The average molecular weight is 216 g/mol. The van der Waals surface area contributed by atoms with E-state index in [1.54, 1.807) is 6.92 Å². The van der Waals surface area contributed by atoms with Crippen LogP contribution in [0.15, 0.2) is 5.16 Å². The molecular weight excluding hydrogens is 204 g/mol. The van der Waals surface area contributed by atoms with Crippen molar-refractivity contribution >= 4 is 17.7 Å². The Morgan fingerprint density at radius 2 is 2.20 bits per heavy atom. The molecule has 0 unspecified atom stereocenters. The monoisotopic (exact) mass is 216 g/mol. The Labute approximate surface area is 85.5 Å². The largest absolute Gasteiger partial charge is 0.480 e. The maximum absolute atomic E-state index is 10.7. The van der Waals surface area contributed by atoms with E-state index in [9.17, 15) is 9.59 Å². The summed E-state index contributed by atoms with van der Waals surface area (Å²) in [6, 6.07) is -1.11. The van der Waals surface area contributed by atoms with Crippen LogP contribution in [0.25, 0.3) is 0 Å². The predicted molar refractivity (Wildman–Crippen MR) is 49.3 cm³/mol. The molecule has 0 saturated heterocycles. The van der Waals surface area contributed by atoms with Gasteiger partial charge in [0.2, 0.25) is 0 Å². The van der Waals surface area contributed by atoms with Gasteiger partial charge in [-0.2, -0.15) is 0 Å². The van der Waals surface area contributed by atoms with Gasteiger partial charge in [0.15, 0.2) is 5.71 Å². The SMILES string of the molecule is C[C@@H]1ON=C(C(=O)O)[C@@H]1C[C@H](N)C(=O)O. The maximum atomic E-state index is 10.7. The zero-order valence-corrected chi connectivity index (χ0v) is 8.08. The molecule has 0 amide bonds. The smallest absolute Gasteiger partial charge is 0.354 e. The average Bonchev–Trinajstić information content (AvgIpc) is 2.48. The fourth-order valence-corrected chi connectivity index (χ4v) is 1.38. The minimum Gasteiger partial charge on any atom is -0.480 e. The highest BCUT2D eigenvalue weighted by molar-refractivity contribution is 6.36. The van der Waals surface area contributed by atoms with Crippen LogP contribution in [0.2, 0.25) is 0 Å². The van der Waals surface area contributed by atoms with Gasteiger partial charge in [0.1, 0.15) is 12.1 Å². The second kappa shape index (κ2) is 4.26. The number of hydrogen-bond donors (Lipinski definition) is 3. The molecule has 4 N–H and O–H groups in total. The van der Waals surface area contributed by atoms with Crippen LogP contribution in [-0.2, 0) is 14.4 Å². The van der Waals surface area contributed by atoms with Crippen molar-refractivity contribution in [1.82, 2.24) is 0 Å². The molecule has 0 aromatic rings. The molecule has 1 aliphatic rings. The lowest BCUT2D eigenvalue weighted by molar-refractivity contribution is -0.139. The molecule has 7 nitrogen and oxygen atoms in total. The molecule has 0 saturated carbocycles. The zero-order valence-electron chi connectivity index (χ0n) is 8.08. The van der Waals surface area contributed by atoms with E-state index in [2.05, 4.69) is 5.16 Å². The molecule has 0 aliphatic carbocycles. The van der Waals surface area contributed by atoms with E-state index in [-0.39, 0.29) is 12.1 Å². The van der Waals surface area contributed by atoms with Crippen LogP contribution in [0.5, 0.6) is 0 Å². The quantitative estimate of drug-likeness (QED) is 0.569. The fourth-order valence-electron chi connectivity index (χ4n) is 1.38. The molecule has 7 heteroatoms. The summed E-state index contributed by atoms with van der Waals surface area (Å²) >= 11 is 0. The summed E-state index contributed by atoms with van der Waals surface area (Å²) in [5.41, 5.74) is 5.15. The van der Waals surface area contributed by atoms with Gasteiger partial charge in [-0.3, -0.25) is 4.79 Å².